The molecule has 2 fully saturated rings. The summed E-state index contributed by atoms with van der Waals surface area (Å²) in [7, 11) is 0. The zero-order chi connectivity index (χ0) is 16.4. The predicted molar refractivity (Wildman–Crippen MR) is 92.3 cm³/mol. The number of hydrogen-bond donors (Lipinski definition) is 1. The molecule has 1 aliphatic heterocycles. The van der Waals surface area contributed by atoms with Crippen LogP contribution in [0.4, 0.5) is 5.69 Å². The summed E-state index contributed by atoms with van der Waals surface area (Å²) >= 11 is 1.28. The van der Waals surface area contributed by atoms with Gasteiger partial charge in [-0.15, -0.1) is 11.3 Å². The molecule has 1 aliphatic carbocycles. The first-order valence-electron chi connectivity index (χ1n) is 8.73. The number of carbonyl (C=O) groups excluding carboxylic acids is 1. The fourth-order valence-corrected chi connectivity index (χ4v) is 5.02. The highest BCUT2D eigenvalue weighted by atomic mass is 32.1. The summed E-state index contributed by atoms with van der Waals surface area (Å²) in [5.41, 5.74) is 0.641. The van der Waals surface area contributed by atoms with E-state index in [0.29, 0.717) is 22.9 Å². The van der Waals surface area contributed by atoms with E-state index >= 15 is 0 Å². The number of carboxylic acid groups (broad SMARTS) is 1. The molecule has 2 heterocycles. The molecule has 126 valence electrons. The Hall–Kier alpha value is -1.36. The van der Waals surface area contributed by atoms with Gasteiger partial charge in [0.15, 0.2) is 0 Å². The largest absolute Gasteiger partial charge is 0.477 e. The number of aromatic carboxylic acids is 1. The first-order chi connectivity index (χ1) is 11.1. The first-order valence-corrected chi connectivity index (χ1v) is 9.55. The van der Waals surface area contributed by atoms with Gasteiger partial charge in [-0.2, -0.15) is 0 Å². The van der Waals surface area contributed by atoms with Gasteiger partial charge in [0.25, 0.3) is 0 Å². The van der Waals surface area contributed by atoms with E-state index in [1.165, 1.54) is 43.4 Å². The molecule has 0 aromatic carbocycles. The van der Waals surface area contributed by atoms with E-state index in [1.54, 1.807) is 0 Å². The van der Waals surface area contributed by atoms with Crippen LogP contribution in [0.5, 0.6) is 0 Å². The molecule has 23 heavy (non-hydrogen) atoms. The van der Waals surface area contributed by atoms with Crippen LogP contribution in [0.25, 0.3) is 0 Å². The Kier molecular flexibility index (Phi) is 5.05. The molecule has 0 unspecified atom stereocenters. The molecule has 0 radical (unpaired) electrons. The van der Waals surface area contributed by atoms with Crippen LogP contribution in [0.2, 0.25) is 0 Å². The summed E-state index contributed by atoms with van der Waals surface area (Å²) in [5, 5.41) is 9.54. The number of carboxylic acids is 1. The number of aryl methyl sites for hydroxylation is 1. The van der Waals surface area contributed by atoms with Crippen molar-refractivity contribution in [3.8, 4) is 0 Å². The standard InChI is InChI=1S/C18H25NO3S/c1-12-11-15(17(23-12)18(21)22)19-14(9-5-6-10-16(19)20)13-7-3-2-4-8-13/h11,13-14H,2-10H2,1H3,(H,21,22)/t14-/m0/s1. The van der Waals surface area contributed by atoms with Crippen LogP contribution < -0.4 is 4.90 Å². The summed E-state index contributed by atoms with van der Waals surface area (Å²) in [4.78, 5) is 27.6. The van der Waals surface area contributed by atoms with Gasteiger partial charge in [-0.05, 0) is 44.6 Å². The number of amides is 1. The van der Waals surface area contributed by atoms with Gasteiger partial charge in [-0.1, -0.05) is 25.7 Å². The van der Waals surface area contributed by atoms with Crippen molar-refractivity contribution in [1.29, 1.82) is 0 Å². The second kappa shape index (κ2) is 7.04. The molecule has 4 nitrogen and oxygen atoms in total. The van der Waals surface area contributed by atoms with Crippen molar-refractivity contribution < 1.29 is 14.7 Å². The number of carbonyl (C=O) groups is 2. The molecule has 1 saturated heterocycles. The van der Waals surface area contributed by atoms with Gasteiger partial charge in [-0.25, -0.2) is 4.79 Å². The Bertz CT molecular complexity index is 589. The van der Waals surface area contributed by atoms with Crippen LogP contribution in [0.3, 0.4) is 0 Å². The van der Waals surface area contributed by atoms with Gasteiger partial charge in [0, 0.05) is 17.3 Å². The molecular formula is C18H25NO3S. The number of anilines is 1. The Labute approximate surface area is 141 Å². The molecular weight excluding hydrogens is 310 g/mol. The Morgan fingerprint density at radius 3 is 2.57 bits per heavy atom. The summed E-state index contributed by atoms with van der Waals surface area (Å²) in [6.07, 6.45) is 9.62. The fourth-order valence-electron chi connectivity index (χ4n) is 4.18. The lowest BCUT2D eigenvalue weighted by Crippen LogP contribution is -2.44. The Balaban J connectivity index is 1.99. The van der Waals surface area contributed by atoms with Crippen molar-refractivity contribution >= 4 is 28.9 Å². The van der Waals surface area contributed by atoms with Crippen molar-refractivity contribution in [3.63, 3.8) is 0 Å². The average Bonchev–Trinajstić information content (AvgIpc) is 2.81. The lowest BCUT2D eigenvalue weighted by atomic mass is 9.81. The summed E-state index contributed by atoms with van der Waals surface area (Å²) in [6.45, 7) is 1.92. The third-order valence-corrected chi connectivity index (χ3v) is 6.25. The van der Waals surface area contributed by atoms with E-state index in [9.17, 15) is 14.7 Å². The van der Waals surface area contributed by atoms with Crippen LogP contribution in [-0.4, -0.2) is 23.0 Å². The molecule has 2 aliphatic rings. The maximum atomic E-state index is 12.8. The van der Waals surface area contributed by atoms with Crippen molar-refractivity contribution in [2.45, 2.75) is 70.8 Å². The third kappa shape index (κ3) is 3.44. The highest BCUT2D eigenvalue weighted by molar-refractivity contribution is 7.14. The molecule has 0 spiro atoms. The smallest absolute Gasteiger partial charge is 0.348 e. The van der Waals surface area contributed by atoms with Gasteiger partial charge in [-0.3, -0.25) is 4.79 Å². The molecule has 1 N–H and O–H groups in total. The predicted octanol–water partition coefficient (Wildman–Crippen LogP) is 4.61. The SMILES string of the molecule is Cc1cc(N2C(=O)CCCC[C@H]2C2CCCCC2)c(C(=O)O)s1. The zero-order valence-electron chi connectivity index (χ0n) is 13.7. The van der Waals surface area contributed by atoms with E-state index in [1.807, 2.05) is 17.9 Å². The van der Waals surface area contributed by atoms with Crippen LogP contribution in [-0.2, 0) is 4.79 Å². The minimum absolute atomic E-state index is 0.110. The second-order valence-electron chi connectivity index (χ2n) is 6.85. The number of nitrogens with zero attached hydrogens (tertiary/aromatic N) is 1. The van der Waals surface area contributed by atoms with E-state index in [0.717, 1.165) is 24.1 Å². The quantitative estimate of drug-likeness (QED) is 0.877. The lowest BCUT2D eigenvalue weighted by molar-refractivity contribution is -0.119. The maximum Gasteiger partial charge on any atom is 0.348 e. The van der Waals surface area contributed by atoms with Crippen LogP contribution in [0.1, 0.15) is 72.3 Å². The van der Waals surface area contributed by atoms with Gasteiger partial charge in [0.1, 0.15) is 4.88 Å². The highest BCUT2D eigenvalue weighted by Gasteiger charge is 2.36. The molecule has 1 atom stereocenters. The minimum atomic E-state index is -0.919. The molecule has 1 saturated carbocycles. The highest BCUT2D eigenvalue weighted by Crippen LogP contribution is 2.39. The van der Waals surface area contributed by atoms with E-state index in [-0.39, 0.29) is 11.9 Å². The Morgan fingerprint density at radius 1 is 1.17 bits per heavy atom. The molecule has 1 aromatic rings. The van der Waals surface area contributed by atoms with Crippen LogP contribution >= 0.6 is 11.3 Å². The van der Waals surface area contributed by atoms with Gasteiger partial charge in [0.2, 0.25) is 5.91 Å². The van der Waals surface area contributed by atoms with Crippen molar-refractivity contribution in [2.24, 2.45) is 5.92 Å². The molecule has 0 bridgehead atoms. The molecule has 1 amide bonds. The topological polar surface area (TPSA) is 57.6 Å². The van der Waals surface area contributed by atoms with Crippen LogP contribution in [0, 0.1) is 12.8 Å². The van der Waals surface area contributed by atoms with Crippen LogP contribution in [0.15, 0.2) is 6.07 Å². The van der Waals surface area contributed by atoms with E-state index in [2.05, 4.69) is 0 Å². The second-order valence-corrected chi connectivity index (χ2v) is 8.11. The number of hydrogen-bond acceptors (Lipinski definition) is 3. The minimum Gasteiger partial charge on any atom is -0.477 e. The maximum absolute atomic E-state index is 12.8. The number of rotatable bonds is 3. The molecule has 3 rings (SSSR count). The van der Waals surface area contributed by atoms with Crippen molar-refractivity contribution in [3.05, 3.63) is 15.8 Å². The van der Waals surface area contributed by atoms with Crippen molar-refractivity contribution in [2.75, 3.05) is 4.90 Å². The normalized spacial score (nSPS) is 23.8. The third-order valence-electron chi connectivity index (χ3n) is 5.22. The zero-order valence-corrected chi connectivity index (χ0v) is 14.5. The molecule has 5 heteroatoms. The van der Waals surface area contributed by atoms with Gasteiger partial charge in [0.05, 0.1) is 5.69 Å². The summed E-state index contributed by atoms with van der Waals surface area (Å²) in [5.74, 6) is -0.288. The number of thiophene rings is 1. The Morgan fingerprint density at radius 2 is 1.87 bits per heavy atom. The first kappa shape index (κ1) is 16.5. The molecule has 1 aromatic heterocycles. The van der Waals surface area contributed by atoms with E-state index in [4.69, 9.17) is 0 Å². The summed E-state index contributed by atoms with van der Waals surface area (Å²) < 4.78 is 0. The van der Waals surface area contributed by atoms with Crippen molar-refractivity contribution in [1.82, 2.24) is 0 Å². The fraction of sp³-hybridized carbons (Fsp3) is 0.667. The average molecular weight is 335 g/mol. The van der Waals surface area contributed by atoms with Gasteiger partial charge >= 0.3 is 5.97 Å². The van der Waals surface area contributed by atoms with E-state index < -0.39 is 5.97 Å². The van der Waals surface area contributed by atoms with Gasteiger partial charge < -0.3 is 10.0 Å². The monoisotopic (exact) mass is 335 g/mol. The lowest BCUT2D eigenvalue weighted by Gasteiger charge is -2.37. The summed E-state index contributed by atoms with van der Waals surface area (Å²) in [6, 6.07) is 2.07.